The molecule has 0 aromatic heterocycles. The Bertz CT molecular complexity index is 805. The summed E-state index contributed by atoms with van der Waals surface area (Å²) >= 11 is 0. The van der Waals surface area contributed by atoms with Crippen molar-refractivity contribution in [1.29, 1.82) is 0 Å². The number of carbonyl (C=O) groups excluding carboxylic acids is 1. The zero-order valence-corrected chi connectivity index (χ0v) is 15.2. The maximum Gasteiger partial charge on any atom is 0.254 e. The fourth-order valence-corrected chi connectivity index (χ4v) is 4.32. The van der Waals surface area contributed by atoms with Crippen LogP contribution in [0.3, 0.4) is 0 Å². The molecule has 26 heavy (non-hydrogen) atoms. The summed E-state index contributed by atoms with van der Waals surface area (Å²) in [6.07, 6.45) is 0. The fraction of sp³-hybridized carbons (Fsp3) is 0.381. The smallest absolute Gasteiger partial charge is 0.254 e. The first-order valence-corrected chi connectivity index (χ1v) is 9.09. The molecular weight excluding hydrogens is 329 g/mol. The number of fused-ring (bicyclic) bond motifs is 1. The molecule has 0 aliphatic carbocycles. The van der Waals surface area contributed by atoms with Crippen molar-refractivity contribution in [1.82, 2.24) is 10.2 Å². The molecule has 4 rings (SSSR count). The van der Waals surface area contributed by atoms with E-state index in [4.69, 9.17) is 0 Å². The van der Waals surface area contributed by atoms with Crippen molar-refractivity contribution in [2.24, 2.45) is 11.8 Å². The second-order valence-electron chi connectivity index (χ2n) is 7.48. The second-order valence-corrected chi connectivity index (χ2v) is 7.48. The van der Waals surface area contributed by atoms with Gasteiger partial charge in [-0.3, -0.25) is 4.79 Å². The van der Waals surface area contributed by atoms with E-state index in [0.717, 1.165) is 24.3 Å². The Morgan fingerprint density at radius 1 is 1.15 bits per heavy atom. The average Bonchev–Trinajstić information content (AvgIpc) is 3.22. The second kappa shape index (κ2) is 6.72. The van der Waals surface area contributed by atoms with Crippen LogP contribution in [-0.2, 0) is 0 Å². The number of hydrogen-bond acceptors (Lipinski definition) is 3. The van der Waals surface area contributed by atoms with E-state index in [-0.39, 0.29) is 17.8 Å². The zero-order chi connectivity index (χ0) is 18.3. The molecule has 136 valence electrons. The minimum Gasteiger partial charge on any atom is -0.378 e. The van der Waals surface area contributed by atoms with Crippen molar-refractivity contribution in [2.45, 2.75) is 6.04 Å². The average molecular weight is 353 g/mol. The van der Waals surface area contributed by atoms with Crippen LogP contribution in [0.4, 0.5) is 10.1 Å². The van der Waals surface area contributed by atoms with Gasteiger partial charge in [0.25, 0.3) is 5.91 Å². The van der Waals surface area contributed by atoms with Gasteiger partial charge in [0.2, 0.25) is 0 Å². The zero-order valence-electron chi connectivity index (χ0n) is 15.2. The lowest BCUT2D eigenvalue weighted by atomic mass is 9.89. The molecule has 2 aliphatic rings. The molecule has 0 spiro atoms. The van der Waals surface area contributed by atoms with Gasteiger partial charge in [-0.2, -0.15) is 0 Å². The Hall–Kier alpha value is -2.40. The third-order valence-corrected chi connectivity index (χ3v) is 5.65. The first-order valence-electron chi connectivity index (χ1n) is 9.09. The Morgan fingerprint density at radius 3 is 2.62 bits per heavy atom. The molecule has 3 atom stereocenters. The topological polar surface area (TPSA) is 35.6 Å². The largest absolute Gasteiger partial charge is 0.378 e. The van der Waals surface area contributed by atoms with Crippen LogP contribution in [0.25, 0.3) is 0 Å². The van der Waals surface area contributed by atoms with Crippen molar-refractivity contribution in [3.05, 3.63) is 65.5 Å². The van der Waals surface area contributed by atoms with Crippen molar-refractivity contribution in [3.8, 4) is 0 Å². The molecule has 1 N–H and O–H groups in total. The van der Waals surface area contributed by atoms with Crippen molar-refractivity contribution in [3.63, 3.8) is 0 Å². The molecule has 0 radical (unpaired) electrons. The van der Waals surface area contributed by atoms with E-state index in [1.165, 1.54) is 6.07 Å². The van der Waals surface area contributed by atoms with Gasteiger partial charge in [0.05, 0.1) is 6.04 Å². The van der Waals surface area contributed by atoms with E-state index in [9.17, 15) is 9.18 Å². The Morgan fingerprint density at radius 2 is 1.92 bits per heavy atom. The third kappa shape index (κ3) is 2.97. The van der Waals surface area contributed by atoms with Crippen LogP contribution in [0.1, 0.15) is 22.0 Å². The lowest BCUT2D eigenvalue weighted by molar-refractivity contribution is 0.0714. The van der Waals surface area contributed by atoms with Crippen LogP contribution in [0.15, 0.2) is 48.5 Å². The van der Waals surface area contributed by atoms with Crippen LogP contribution in [0.5, 0.6) is 0 Å². The van der Waals surface area contributed by atoms with Crippen LogP contribution in [0, 0.1) is 17.7 Å². The molecule has 2 saturated heterocycles. The molecule has 0 saturated carbocycles. The monoisotopic (exact) mass is 353 g/mol. The number of rotatable bonds is 3. The molecule has 2 aromatic carbocycles. The van der Waals surface area contributed by atoms with Gasteiger partial charge in [0.15, 0.2) is 0 Å². The third-order valence-electron chi connectivity index (χ3n) is 5.65. The molecule has 5 heteroatoms. The summed E-state index contributed by atoms with van der Waals surface area (Å²) in [6.45, 7) is 2.50. The van der Waals surface area contributed by atoms with Crippen molar-refractivity contribution < 1.29 is 9.18 Å². The van der Waals surface area contributed by atoms with Crippen LogP contribution in [-0.4, -0.2) is 44.5 Å². The standard InChI is InChI=1S/C21H24FN3O/c1-24(2)18-8-6-14(7-9-18)21(26)25-13-16-11-23-12-19(16)20(25)15-4-3-5-17(22)10-15/h3-10,16,19-20,23H,11-13H2,1-2H3/t16-,19-,20-/m0/s1. The van der Waals surface area contributed by atoms with E-state index in [1.807, 2.05) is 54.2 Å². The predicted molar refractivity (Wildman–Crippen MR) is 101 cm³/mol. The highest BCUT2D eigenvalue weighted by atomic mass is 19.1. The molecule has 2 fully saturated rings. The molecule has 0 bridgehead atoms. The van der Waals surface area contributed by atoms with E-state index in [2.05, 4.69) is 5.32 Å². The Balaban J connectivity index is 1.66. The maximum absolute atomic E-state index is 13.8. The normalized spacial score (nSPS) is 24.6. The fourth-order valence-electron chi connectivity index (χ4n) is 4.32. The SMILES string of the molecule is CN(C)c1ccc(C(=O)N2C[C@@H]3CNC[C@@H]3[C@@H]2c2cccc(F)c2)cc1. The first kappa shape index (κ1) is 17.0. The van der Waals surface area contributed by atoms with Gasteiger partial charge in [0, 0.05) is 50.9 Å². The van der Waals surface area contributed by atoms with Gasteiger partial charge in [-0.05, 0) is 47.9 Å². The number of anilines is 1. The van der Waals surface area contributed by atoms with Crippen molar-refractivity contribution in [2.75, 3.05) is 38.6 Å². The molecule has 2 heterocycles. The van der Waals surface area contributed by atoms with Crippen molar-refractivity contribution >= 4 is 11.6 Å². The number of benzene rings is 2. The van der Waals surface area contributed by atoms with E-state index >= 15 is 0 Å². The first-order chi connectivity index (χ1) is 12.5. The number of nitrogens with zero attached hydrogens (tertiary/aromatic N) is 2. The highest BCUT2D eigenvalue weighted by Gasteiger charge is 2.46. The van der Waals surface area contributed by atoms with E-state index in [0.29, 0.717) is 23.9 Å². The number of hydrogen-bond donors (Lipinski definition) is 1. The van der Waals surface area contributed by atoms with Crippen LogP contribution < -0.4 is 10.2 Å². The predicted octanol–water partition coefficient (Wildman–Crippen LogP) is 2.92. The number of halogens is 1. The molecule has 2 aromatic rings. The maximum atomic E-state index is 13.8. The minimum absolute atomic E-state index is 0.0268. The Labute approximate surface area is 153 Å². The number of carbonyl (C=O) groups is 1. The molecule has 2 aliphatic heterocycles. The lowest BCUT2D eigenvalue weighted by Crippen LogP contribution is -2.34. The van der Waals surface area contributed by atoms with Crippen LogP contribution in [0.2, 0.25) is 0 Å². The summed E-state index contributed by atoms with van der Waals surface area (Å²) in [5.41, 5.74) is 2.63. The highest BCUT2D eigenvalue weighted by Crippen LogP contribution is 2.43. The lowest BCUT2D eigenvalue weighted by Gasteiger charge is -2.28. The van der Waals surface area contributed by atoms with E-state index < -0.39 is 0 Å². The molecular formula is C21H24FN3O. The number of amides is 1. The van der Waals surface area contributed by atoms with Gasteiger partial charge in [-0.25, -0.2) is 4.39 Å². The quantitative estimate of drug-likeness (QED) is 0.922. The Kier molecular flexibility index (Phi) is 4.41. The van der Waals surface area contributed by atoms with Gasteiger partial charge < -0.3 is 15.1 Å². The van der Waals surface area contributed by atoms with Gasteiger partial charge in [-0.15, -0.1) is 0 Å². The highest BCUT2D eigenvalue weighted by molar-refractivity contribution is 5.95. The van der Waals surface area contributed by atoms with Gasteiger partial charge >= 0.3 is 0 Å². The summed E-state index contributed by atoms with van der Waals surface area (Å²) in [5, 5.41) is 3.42. The summed E-state index contributed by atoms with van der Waals surface area (Å²) < 4.78 is 13.8. The summed E-state index contributed by atoms with van der Waals surface area (Å²) in [4.78, 5) is 17.2. The van der Waals surface area contributed by atoms with E-state index in [1.54, 1.807) is 12.1 Å². The van der Waals surface area contributed by atoms with Crippen LogP contribution >= 0.6 is 0 Å². The summed E-state index contributed by atoms with van der Waals surface area (Å²) in [5.74, 6) is 0.536. The summed E-state index contributed by atoms with van der Waals surface area (Å²) in [7, 11) is 3.96. The van der Waals surface area contributed by atoms with Gasteiger partial charge in [0.1, 0.15) is 5.82 Å². The minimum atomic E-state index is -0.250. The number of likely N-dealkylation sites (tertiary alicyclic amines) is 1. The molecule has 0 unspecified atom stereocenters. The molecule has 1 amide bonds. The summed E-state index contributed by atoms with van der Waals surface area (Å²) in [6, 6.07) is 14.3. The number of nitrogens with one attached hydrogen (secondary N) is 1. The van der Waals surface area contributed by atoms with Gasteiger partial charge in [-0.1, -0.05) is 12.1 Å². The molecule has 4 nitrogen and oxygen atoms in total.